The molecule has 88 valence electrons. The highest BCUT2D eigenvalue weighted by Gasteiger charge is 2.02. The summed E-state index contributed by atoms with van der Waals surface area (Å²) in [6, 6.07) is 17.2. The third-order valence-corrected chi connectivity index (χ3v) is 2.58. The van der Waals surface area contributed by atoms with Gasteiger partial charge in [-0.05, 0) is 36.4 Å². The number of ether oxygens (including phenoxy) is 1. The van der Waals surface area contributed by atoms with E-state index in [1.807, 2.05) is 54.6 Å². The van der Waals surface area contributed by atoms with Crippen LogP contribution in [0.1, 0.15) is 0 Å². The minimum atomic E-state index is 0.816. The second kappa shape index (κ2) is 5.46. The molecule has 0 bridgehead atoms. The van der Waals surface area contributed by atoms with Gasteiger partial charge in [0.1, 0.15) is 5.75 Å². The van der Waals surface area contributed by atoms with E-state index in [9.17, 15) is 0 Å². The Kier molecular flexibility index (Phi) is 3.73. The Morgan fingerprint density at radius 1 is 1.00 bits per heavy atom. The van der Waals surface area contributed by atoms with Gasteiger partial charge in [-0.2, -0.15) is 4.53 Å². The molecule has 0 aliphatic carbocycles. The van der Waals surface area contributed by atoms with Crippen LogP contribution in [0.2, 0.25) is 0 Å². The van der Waals surface area contributed by atoms with Crippen molar-refractivity contribution in [1.29, 1.82) is 0 Å². The van der Waals surface area contributed by atoms with Crippen LogP contribution in [-0.2, 0) is 0 Å². The van der Waals surface area contributed by atoms with Crippen molar-refractivity contribution in [2.45, 2.75) is 0 Å². The van der Waals surface area contributed by atoms with Gasteiger partial charge < -0.3 is 4.74 Å². The number of rotatable bonds is 4. The number of hydrogen-bond donors (Lipinski definition) is 1. The lowest BCUT2D eigenvalue weighted by Gasteiger charge is -2.18. The molecule has 0 unspecified atom stereocenters. The molecule has 2 aromatic rings. The molecule has 0 saturated heterocycles. The van der Waals surface area contributed by atoms with E-state index in [2.05, 4.69) is 5.43 Å². The maximum Gasteiger partial charge on any atom is 0.119 e. The lowest BCUT2D eigenvalue weighted by atomic mass is 10.3. The van der Waals surface area contributed by atoms with Crippen molar-refractivity contribution in [3.8, 4) is 5.75 Å². The summed E-state index contributed by atoms with van der Waals surface area (Å²) < 4.78 is 6.53. The van der Waals surface area contributed by atoms with Gasteiger partial charge in [0.25, 0.3) is 0 Å². The van der Waals surface area contributed by atoms with Gasteiger partial charge in [0.2, 0.25) is 0 Å². The van der Waals surface area contributed by atoms with Crippen molar-refractivity contribution in [2.75, 3.05) is 17.1 Å². The molecular formula is C13H13ClN2O. The molecule has 1 N–H and O–H groups in total. The van der Waals surface area contributed by atoms with Gasteiger partial charge in [0, 0.05) is 11.8 Å². The van der Waals surface area contributed by atoms with E-state index >= 15 is 0 Å². The number of nitrogens with zero attached hydrogens (tertiary/aromatic N) is 1. The molecule has 0 aliphatic heterocycles. The standard InChI is InChI=1S/C13H13ClN2O/c1-17-13-9-7-11(8-10-13)15-16(14)12-5-3-2-4-6-12/h2-10,15H,1H3. The Hall–Kier alpha value is -1.87. The van der Waals surface area contributed by atoms with Gasteiger partial charge >= 0.3 is 0 Å². The molecule has 17 heavy (non-hydrogen) atoms. The van der Waals surface area contributed by atoms with Gasteiger partial charge in [-0.15, -0.1) is 0 Å². The van der Waals surface area contributed by atoms with Crippen molar-refractivity contribution >= 4 is 23.2 Å². The number of hydrogen-bond acceptors (Lipinski definition) is 3. The summed E-state index contributed by atoms with van der Waals surface area (Å²) in [7, 11) is 1.64. The Balaban J connectivity index is 2.05. The number of methoxy groups -OCH3 is 1. The summed E-state index contributed by atoms with van der Waals surface area (Å²) in [6.07, 6.45) is 0. The first-order chi connectivity index (χ1) is 8.29. The summed E-state index contributed by atoms with van der Waals surface area (Å²) in [5.74, 6) is 0.816. The molecule has 0 atom stereocenters. The molecule has 3 nitrogen and oxygen atoms in total. The Labute approximate surface area is 106 Å². The molecule has 0 heterocycles. The van der Waals surface area contributed by atoms with E-state index in [1.54, 1.807) is 7.11 Å². The summed E-state index contributed by atoms with van der Waals surface area (Å²) in [6.45, 7) is 0. The lowest BCUT2D eigenvalue weighted by Crippen LogP contribution is -2.18. The molecule has 2 aromatic carbocycles. The van der Waals surface area contributed by atoms with E-state index in [-0.39, 0.29) is 0 Å². The first-order valence-electron chi connectivity index (χ1n) is 5.21. The molecule has 0 spiro atoms. The number of benzene rings is 2. The summed E-state index contributed by atoms with van der Waals surface area (Å²) in [4.78, 5) is 0. The van der Waals surface area contributed by atoms with Crippen LogP contribution in [0.4, 0.5) is 11.4 Å². The van der Waals surface area contributed by atoms with Gasteiger partial charge in [0.05, 0.1) is 18.5 Å². The van der Waals surface area contributed by atoms with Crippen LogP contribution in [0.5, 0.6) is 5.75 Å². The minimum absolute atomic E-state index is 0.816. The fourth-order valence-electron chi connectivity index (χ4n) is 1.40. The number of nitrogens with one attached hydrogen (secondary N) is 1. The van der Waals surface area contributed by atoms with E-state index in [0.717, 1.165) is 17.1 Å². The molecule has 0 saturated carbocycles. The van der Waals surface area contributed by atoms with Crippen LogP contribution >= 0.6 is 11.8 Å². The number of anilines is 2. The summed E-state index contributed by atoms with van der Waals surface area (Å²) in [5, 5.41) is 0. The zero-order valence-electron chi connectivity index (χ0n) is 9.43. The largest absolute Gasteiger partial charge is 0.497 e. The molecular weight excluding hydrogens is 236 g/mol. The second-order valence-electron chi connectivity index (χ2n) is 3.46. The summed E-state index contributed by atoms with van der Waals surface area (Å²) in [5.41, 5.74) is 4.83. The van der Waals surface area contributed by atoms with Crippen molar-refractivity contribution in [2.24, 2.45) is 0 Å². The lowest BCUT2D eigenvalue weighted by molar-refractivity contribution is 0.415. The maximum absolute atomic E-state index is 6.11. The average molecular weight is 249 g/mol. The van der Waals surface area contributed by atoms with Crippen LogP contribution in [0, 0.1) is 0 Å². The molecule has 2 rings (SSSR count). The van der Waals surface area contributed by atoms with Crippen LogP contribution in [0.25, 0.3) is 0 Å². The average Bonchev–Trinajstić information content (AvgIpc) is 2.40. The number of para-hydroxylation sites is 1. The van der Waals surface area contributed by atoms with Gasteiger partial charge in [-0.1, -0.05) is 18.2 Å². The Morgan fingerprint density at radius 2 is 1.65 bits per heavy atom. The highest BCUT2D eigenvalue weighted by atomic mass is 35.5. The van der Waals surface area contributed by atoms with Gasteiger partial charge in [0.15, 0.2) is 0 Å². The minimum Gasteiger partial charge on any atom is -0.497 e. The molecule has 0 amide bonds. The molecule has 0 radical (unpaired) electrons. The highest BCUT2D eigenvalue weighted by molar-refractivity contribution is 6.26. The Morgan fingerprint density at radius 3 is 2.24 bits per heavy atom. The van der Waals surface area contributed by atoms with Crippen LogP contribution in [0.3, 0.4) is 0 Å². The molecule has 0 aliphatic rings. The zero-order valence-corrected chi connectivity index (χ0v) is 10.2. The van der Waals surface area contributed by atoms with E-state index in [4.69, 9.17) is 16.5 Å². The quantitative estimate of drug-likeness (QED) is 0.660. The smallest absolute Gasteiger partial charge is 0.119 e. The van der Waals surface area contributed by atoms with Gasteiger partial charge in [-0.25, -0.2) is 0 Å². The number of halogens is 1. The predicted molar refractivity (Wildman–Crippen MR) is 71.4 cm³/mol. The van der Waals surface area contributed by atoms with Crippen LogP contribution in [0.15, 0.2) is 54.6 Å². The van der Waals surface area contributed by atoms with Crippen LogP contribution < -0.4 is 14.7 Å². The monoisotopic (exact) mass is 248 g/mol. The highest BCUT2D eigenvalue weighted by Crippen LogP contribution is 2.20. The number of hydrazine groups is 1. The first-order valence-corrected chi connectivity index (χ1v) is 5.55. The third kappa shape index (κ3) is 3.04. The third-order valence-electron chi connectivity index (χ3n) is 2.30. The second-order valence-corrected chi connectivity index (χ2v) is 3.79. The Bertz CT molecular complexity index is 459. The predicted octanol–water partition coefficient (Wildman–Crippen LogP) is 3.68. The summed E-state index contributed by atoms with van der Waals surface area (Å²) >= 11 is 6.11. The molecule has 4 heteroatoms. The SMILES string of the molecule is COc1ccc(NN(Cl)c2ccccc2)cc1. The van der Waals surface area contributed by atoms with E-state index < -0.39 is 0 Å². The molecule has 0 fully saturated rings. The van der Waals surface area contributed by atoms with Crippen LogP contribution in [-0.4, -0.2) is 7.11 Å². The van der Waals surface area contributed by atoms with Crippen molar-refractivity contribution in [1.82, 2.24) is 0 Å². The van der Waals surface area contributed by atoms with E-state index in [1.165, 1.54) is 4.53 Å². The van der Waals surface area contributed by atoms with Crippen molar-refractivity contribution in [3.63, 3.8) is 0 Å². The van der Waals surface area contributed by atoms with Crippen molar-refractivity contribution in [3.05, 3.63) is 54.6 Å². The zero-order chi connectivity index (χ0) is 12.1. The fourth-order valence-corrected chi connectivity index (χ4v) is 1.61. The first kappa shape index (κ1) is 11.6. The fraction of sp³-hybridized carbons (Fsp3) is 0.0769. The van der Waals surface area contributed by atoms with E-state index in [0.29, 0.717) is 0 Å². The van der Waals surface area contributed by atoms with Gasteiger partial charge in [-0.3, -0.25) is 5.43 Å². The van der Waals surface area contributed by atoms with Crippen molar-refractivity contribution < 1.29 is 4.74 Å². The normalized spacial score (nSPS) is 9.76. The topological polar surface area (TPSA) is 24.5 Å². The maximum atomic E-state index is 6.11. The molecule has 0 aromatic heterocycles.